The van der Waals surface area contributed by atoms with Crippen molar-refractivity contribution in [3.05, 3.63) is 84.0 Å². The van der Waals surface area contributed by atoms with E-state index in [2.05, 4.69) is 30.2 Å². The number of carbonyl (C=O) groups is 1. The van der Waals surface area contributed by atoms with Crippen LogP contribution >= 0.6 is 11.3 Å². The summed E-state index contributed by atoms with van der Waals surface area (Å²) in [5.74, 6) is -0.213. The molecule has 0 aliphatic carbocycles. The van der Waals surface area contributed by atoms with Gasteiger partial charge in [0.2, 0.25) is 5.89 Å². The predicted octanol–water partition coefficient (Wildman–Crippen LogP) is 4.47. The Labute approximate surface area is 202 Å². The minimum absolute atomic E-state index is 0.0164. The maximum absolute atomic E-state index is 13.1. The number of nitrogens with one attached hydrogen (secondary N) is 1. The van der Waals surface area contributed by atoms with Gasteiger partial charge in [0.15, 0.2) is 17.2 Å². The highest BCUT2D eigenvalue weighted by molar-refractivity contribution is 7.18. The summed E-state index contributed by atoms with van der Waals surface area (Å²) >= 11 is 1.52. The van der Waals surface area contributed by atoms with Gasteiger partial charge >= 0.3 is 0 Å². The number of hydrogen-bond acceptors (Lipinski definition) is 9. The minimum Gasteiger partial charge on any atom is -0.443 e. The van der Waals surface area contributed by atoms with Crippen molar-refractivity contribution >= 4 is 44.2 Å². The molecule has 0 saturated carbocycles. The quantitative estimate of drug-likeness (QED) is 0.370. The maximum Gasteiger partial charge on any atom is 0.274 e. The number of hydrogen-bond donors (Lipinski definition) is 2. The average Bonchev–Trinajstić information content (AvgIpc) is 3.57. The van der Waals surface area contributed by atoms with Crippen LogP contribution in [0.25, 0.3) is 44.0 Å². The summed E-state index contributed by atoms with van der Waals surface area (Å²) in [6, 6.07) is 17.3. The van der Waals surface area contributed by atoms with Crippen molar-refractivity contribution in [1.29, 1.82) is 0 Å². The molecule has 0 aliphatic rings. The van der Waals surface area contributed by atoms with Crippen LogP contribution in [0, 0.1) is 0 Å². The molecular formula is C25H17N7O2S. The molecule has 0 aliphatic heterocycles. The Morgan fingerprint density at radius 2 is 1.86 bits per heavy atom. The number of rotatable bonds is 5. The summed E-state index contributed by atoms with van der Waals surface area (Å²) in [4.78, 5) is 35.3. The molecule has 10 heteroatoms. The van der Waals surface area contributed by atoms with Gasteiger partial charge < -0.3 is 15.5 Å². The zero-order valence-corrected chi connectivity index (χ0v) is 19.0. The lowest BCUT2D eigenvalue weighted by atomic mass is 10.1. The van der Waals surface area contributed by atoms with Crippen LogP contribution in [-0.2, 0) is 6.54 Å². The number of fused-ring (bicyclic) bond motifs is 2. The van der Waals surface area contributed by atoms with E-state index in [9.17, 15) is 4.79 Å². The van der Waals surface area contributed by atoms with E-state index in [0.717, 1.165) is 31.7 Å². The first kappa shape index (κ1) is 20.9. The van der Waals surface area contributed by atoms with Crippen molar-refractivity contribution < 1.29 is 9.21 Å². The van der Waals surface area contributed by atoms with E-state index in [1.807, 2.05) is 54.6 Å². The van der Waals surface area contributed by atoms with E-state index in [1.165, 1.54) is 23.8 Å². The first-order chi connectivity index (χ1) is 17.2. The van der Waals surface area contributed by atoms with Crippen LogP contribution in [-0.4, -0.2) is 30.8 Å². The zero-order valence-electron chi connectivity index (χ0n) is 18.2. The first-order valence-electron chi connectivity index (χ1n) is 10.7. The van der Waals surface area contributed by atoms with Gasteiger partial charge in [-0.3, -0.25) is 9.78 Å². The standard InChI is InChI=1S/C25H17N7O2S/c26-23-22(24(33)29-13-19-30-17-5-1-2-6-18(17)35-19)31-20(21(32-23)25-28-10-11-34-25)15-7-8-16-14(12-15)4-3-9-27-16/h1-12H,13H2,(H2,26,32)(H,29,33). The van der Waals surface area contributed by atoms with Gasteiger partial charge in [-0.25, -0.2) is 19.9 Å². The second kappa shape index (κ2) is 8.58. The van der Waals surface area contributed by atoms with Crippen LogP contribution in [0.5, 0.6) is 0 Å². The molecule has 0 atom stereocenters. The SMILES string of the molecule is Nc1nc(-c2ncco2)c(-c2ccc3ncccc3c2)nc1C(=O)NCc1nc2ccccc2s1. The smallest absolute Gasteiger partial charge is 0.274 e. The predicted molar refractivity (Wildman–Crippen MR) is 133 cm³/mol. The Hall–Kier alpha value is -4.70. The van der Waals surface area contributed by atoms with Crippen LogP contribution in [0.4, 0.5) is 5.82 Å². The monoisotopic (exact) mass is 479 g/mol. The number of nitrogens with two attached hydrogens (primary N) is 1. The fourth-order valence-corrected chi connectivity index (χ4v) is 4.67. The zero-order chi connectivity index (χ0) is 23.8. The van der Waals surface area contributed by atoms with Crippen LogP contribution in [0.3, 0.4) is 0 Å². The second-order valence-electron chi connectivity index (χ2n) is 7.66. The number of oxazole rings is 1. The lowest BCUT2D eigenvalue weighted by Gasteiger charge is -2.11. The molecule has 0 fully saturated rings. The van der Waals surface area contributed by atoms with E-state index in [1.54, 1.807) is 6.20 Å². The second-order valence-corrected chi connectivity index (χ2v) is 8.78. The molecule has 4 aromatic heterocycles. The molecule has 0 bridgehead atoms. The van der Waals surface area contributed by atoms with Crippen molar-refractivity contribution in [3.63, 3.8) is 0 Å². The van der Waals surface area contributed by atoms with E-state index in [0.29, 0.717) is 11.4 Å². The van der Waals surface area contributed by atoms with Gasteiger partial charge in [0.05, 0.1) is 28.5 Å². The number of amides is 1. The van der Waals surface area contributed by atoms with Crippen LogP contribution in [0.1, 0.15) is 15.5 Å². The largest absolute Gasteiger partial charge is 0.443 e. The topological polar surface area (TPSA) is 133 Å². The average molecular weight is 480 g/mol. The van der Waals surface area contributed by atoms with Crippen molar-refractivity contribution in [3.8, 4) is 22.8 Å². The number of benzene rings is 2. The lowest BCUT2D eigenvalue weighted by Crippen LogP contribution is -2.25. The minimum atomic E-state index is -0.447. The number of aromatic nitrogens is 5. The van der Waals surface area contributed by atoms with Gasteiger partial charge in [0.25, 0.3) is 5.91 Å². The molecule has 1 amide bonds. The first-order valence-corrected chi connectivity index (χ1v) is 11.5. The van der Waals surface area contributed by atoms with Gasteiger partial charge in [0, 0.05) is 17.1 Å². The fraction of sp³-hybridized carbons (Fsp3) is 0.0400. The van der Waals surface area contributed by atoms with Crippen LogP contribution in [0.2, 0.25) is 0 Å². The highest BCUT2D eigenvalue weighted by Gasteiger charge is 2.22. The Morgan fingerprint density at radius 1 is 0.943 bits per heavy atom. The van der Waals surface area contributed by atoms with Crippen LogP contribution in [0.15, 0.2) is 77.7 Å². The third-order valence-electron chi connectivity index (χ3n) is 5.39. The number of nitrogens with zero attached hydrogens (tertiary/aromatic N) is 5. The fourth-order valence-electron chi connectivity index (χ4n) is 3.76. The third-order valence-corrected chi connectivity index (χ3v) is 6.42. The molecule has 170 valence electrons. The van der Waals surface area contributed by atoms with Gasteiger partial charge in [-0.05, 0) is 30.3 Å². The highest BCUT2D eigenvalue weighted by Crippen LogP contribution is 2.31. The summed E-state index contributed by atoms with van der Waals surface area (Å²) in [5, 5.41) is 4.56. The van der Waals surface area contributed by atoms with Crippen molar-refractivity contribution in [2.75, 3.05) is 5.73 Å². The Kier molecular flexibility index (Phi) is 5.12. The van der Waals surface area contributed by atoms with Gasteiger partial charge in [0.1, 0.15) is 17.0 Å². The molecule has 0 radical (unpaired) electrons. The Bertz CT molecular complexity index is 1660. The highest BCUT2D eigenvalue weighted by atomic mass is 32.1. The van der Waals surface area contributed by atoms with Gasteiger partial charge in [-0.1, -0.05) is 24.3 Å². The molecule has 4 heterocycles. The van der Waals surface area contributed by atoms with Gasteiger partial charge in [-0.15, -0.1) is 11.3 Å². The van der Waals surface area contributed by atoms with Crippen LogP contribution < -0.4 is 11.1 Å². The molecule has 0 spiro atoms. The summed E-state index contributed by atoms with van der Waals surface area (Å²) < 4.78 is 6.52. The molecule has 0 saturated heterocycles. The third kappa shape index (κ3) is 3.96. The number of para-hydroxylation sites is 1. The summed E-state index contributed by atoms with van der Waals surface area (Å²) in [7, 11) is 0. The van der Waals surface area contributed by atoms with E-state index in [-0.39, 0.29) is 23.9 Å². The summed E-state index contributed by atoms with van der Waals surface area (Å²) in [6.07, 6.45) is 4.69. The Balaban J connectivity index is 1.38. The number of anilines is 1. The molecule has 6 rings (SSSR count). The van der Waals surface area contributed by atoms with E-state index >= 15 is 0 Å². The normalized spacial score (nSPS) is 11.2. The van der Waals surface area contributed by atoms with Gasteiger partial charge in [-0.2, -0.15) is 0 Å². The molecule has 9 nitrogen and oxygen atoms in total. The molecule has 6 aromatic rings. The molecule has 0 unspecified atom stereocenters. The maximum atomic E-state index is 13.1. The number of thiazole rings is 1. The van der Waals surface area contributed by atoms with E-state index < -0.39 is 5.91 Å². The van der Waals surface area contributed by atoms with Crippen molar-refractivity contribution in [2.45, 2.75) is 6.54 Å². The van der Waals surface area contributed by atoms with Crippen molar-refractivity contribution in [2.24, 2.45) is 0 Å². The lowest BCUT2D eigenvalue weighted by molar-refractivity contribution is 0.0946. The molecular weight excluding hydrogens is 462 g/mol. The number of nitrogen functional groups attached to an aromatic ring is 1. The van der Waals surface area contributed by atoms with Crippen molar-refractivity contribution in [1.82, 2.24) is 30.2 Å². The molecule has 3 N–H and O–H groups in total. The molecule has 35 heavy (non-hydrogen) atoms. The number of carbonyl (C=O) groups excluding carboxylic acids is 1. The van der Waals surface area contributed by atoms with E-state index in [4.69, 9.17) is 10.2 Å². The Morgan fingerprint density at radius 3 is 2.71 bits per heavy atom. The molecule has 2 aromatic carbocycles. The summed E-state index contributed by atoms with van der Waals surface area (Å²) in [6.45, 7) is 0.248. The number of pyridine rings is 1. The summed E-state index contributed by atoms with van der Waals surface area (Å²) in [5.41, 5.74) is 9.42.